The van der Waals surface area contributed by atoms with Crippen molar-refractivity contribution in [1.29, 1.82) is 0 Å². The number of hydrogen-bond donors (Lipinski definition) is 3. The lowest BCUT2D eigenvalue weighted by Gasteiger charge is -2.35. The molecule has 0 aromatic carbocycles. The van der Waals surface area contributed by atoms with Gasteiger partial charge in [-0.2, -0.15) is 5.10 Å². The van der Waals surface area contributed by atoms with Crippen LogP contribution < -0.4 is 10.6 Å². The number of aromatic nitrogens is 3. The Labute approximate surface area is 163 Å². The molecule has 1 saturated carbocycles. The van der Waals surface area contributed by atoms with Gasteiger partial charge in [-0.05, 0) is 38.7 Å². The number of nitrogens with zero attached hydrogens (tertiary/aromatic N) is 2. The summed E-state index contributed by atoms with van der Waals surface area (Å²) in [6.07, 6.45) is 4.29. The molecule has 1 aliphatic carbocycles. The summed E-state index contributed by atoms with van der Waals surface area (Å²) in [5.41, 5.74) is 1.08. The lowest BCUT2D eigenvalue weighted by molar-refractivity contribution is -0.127. The van der Waals surface area contributed by atoms with Crippen LogP contribution in [0.4, 0.5) is 0 Å². The molecule has 0 saturated heterocycles. The van der Waals surface area contributed by atoms with Crippen molar-refractivity contribution in [3.05, 3.63) is 35.5 Å². The Morgan fingerprint density at radius 1 is 1.39 bits per heavy atom. The molecule has 0 radical (unpaired) electrons. The number of nitrogens with one attached hydrogen (secondary N) is 3. The van der Waals surface area contributed by atoms with Gasteiger partial charge in [0.25, 0.3) is 5.91 Å². The van der Waals surface area contributed by atoms with Gasteiger partial charge in [-0.15, -0.1) is 0 Å². The minimum absolute atomic E-state index is 0.0459. The summed E-state index contributed by atoms with van der Waals surface area (Å²) in [5, 5.41) is 16.3. The van der Waals surface area contributed by atoms with Gasteiger partial charge in [0.15, 0.2) is 0 Å². The normalized spacial score (nSPS) is 22.0. The van der Waals surface area contributed by atoms with Crippen molar-refractivity contribution in [3.63, 3.8) is 0 Å². The first-order valence-electron chi connectivity index (χ1n) is 9.68. The predicted molar refractivity (Wildman–Crippen MR) is 100 cm³/mol. The minimum atomic E-state index is -0.244. The zero-order valence-corrected chi connectivity index (χ0v) is 16.2. The van der Waals surface area contributed by atoms with Crippen LogP contribution in [0.25, 0.3) is 0 Å². The van der Waals surface area contributed by atoms with E-state index < -0.39 is 0 Å². The number of ether oxygens (including phenoxy) is 1. The van der Waals surface area contributed by atoms with Gasteiger partial charge in [0.05, 0.1) is 18.7 Å². The van der Waals surface area contributed by atoms with Crippen LogP contribution in [-0.2, 0) is 16.1 Å². The van der Waals surface area contributed by atoms with Gasteiger partial charge >= 0.3 is 0 Å². The third-order valence-corrected chi connectivity index (χ3v) is 4.88. The first-order valence-corrected chi connectivity index (χ1v) is 9.68. The lowest BCUT2D eigenvalue weighted by atomic mass is 9.83. The Hall–Kier alpha value is -2.68. The fraction of sp³-hybridized carbons (Fsp3) is 0.579. The number of aromatic amines is 1. The summed E-state index contributed by atoms with van der Waals surface area (Å²) in [6.45, 7) is 4.81. The minimum Gasteiger partial charge on any atom is -0.376 e. The maximum atomic E-state index is 12.6. The fourth-order valence-corrected chi connectivity index (χ4v) is 3.45. The molecule has 2 aromatic heterocycles. The standard InChI is InChI=1S/C19H27N5O4/c1-3-8-27-17-5-4-13(18(25)20-11-14-9-12(2)28-24-14)10-16(17)22-19(26)15-6-7-21-23-15/h6-7,9,13,16-17H,3-5,8,10-11H2,1-2H3,(H,20,25)(H,21,23)(H,22,26)/t13-,16+,17+/m0/s1. The second-order valence-corrected chi connectivity index (χ2v) is 7.12. The highest BCUT2D eigenvalue weighted by Crippen LogP contribution is 2.27. The van der Waals surface area contributed by atoms with Crippen LogP contribution in [0.15, 0.2) is 22.9 Å². The summed E-state index contributed by atoms with van der Waals surface area (Å²) in [6, 6.07) is 3.18. The van der Waals surface area contributed by atoms with Crippen LogP contribution in [0, 0.1) is 12.8 Å². The maximum Gasteiger partial charge on any atom is 0.269 e. The van der Waals surface area contributed by atoms with Gasteiger partial charge in [0.2, 0.25) is 5.91 Å². The van der Waals surface area contributed by atoms with Crippen molar-refractivity contribution in [2.75, 3.05) is 6.61 Å². The van der Waals surface area contributed by atoms with E-state index in [4.69, 9.17) is 9.26 Å². The summed E-state index contributed by atoms with van der Waals surface area (Å²) in [7, 11) is 0. The Balaban J connectivity index is 1.59. The third-order valence-electron chi connectivity index (χ3n) is 4.88. The molecule has 152 valence electrons. The molecule has 28 heavy (non-hydrogen) atoms. The van der Waals surface area contributed by atoms with E-state index in [1.54, 1.807) is 12.1 Å². The molecule has 3 atom stereocenters. The van der Waals surface area contributed by atoms with Crippen molar-refractivity contribution in [2.45, 2.75) is 58.2 Å². The van der Waals surface area contributed by atoms with Crippen LogP contribution in [0.1, 0.15) is 54.5 Å². The number of amides is 2. The van der Waals surface area contributed by atoms with E-state index >= 15 is 0 Å². The molecule has 2 aromatic rings. The second kappa shape index (κ2) is 9.50. The first-order chi connectivity index (χ1) is 13.6. The van der Waals surface area contributed by atoms with Crippen molar-refractivity contribution in [3.8, 4) is 0 Å². The molecule has 3 N–H and O–H groups in total. The second-order valence-electron chi connectivity index (χ2n) is 7.12. The van der Waals surface area contributed by atoms with E-state index in [1.165, 1.54) is 6.20 Å². The average molecular weight is 389 g/mol. The third kappa shape index (κ3) is 5.19. The van der Waals surface area contributed by atoms with Crippen molar-refractivity contribution in [2.24, 2.45) is 5.92 Å². The largest absolute Gasteiger partial charge is 0.376 e. The molecule has 2 amide bonds. The number of aryl methyl sites for hydroxylation is 1. The molecule has 1 fully saturated rings. The van der Waals surface area contributed by atoms with E-state index in [0.29, 0.717) is 43.1 Å². The van der Waals surface area contributed by atoms with Crippen molar-refractivity contribution < 1.29 is 18.8 Å². The summed E-state index contributed by atoms with van der Waals surface area (Å²) in [4.78, 5) is 25.0. The molecule has 9 heteroatoms. The quantitative estimate of drug-likeness (QED) is 0.632. The van der Waals surface area contributed by atoms with E-state index in [9.17, 15) is 9.59 Å². The molecule has 0 spiro atoms. The van der Waals surface area contributed by atoms with E-state index in [1.807, 2.05) is 13.8 Å². The van der Waals surface area contributed by atoms with Gasteiger partial charge in [-0.25, -0.2) is 0 Å². The van der Waals surface area contributed by atoms with Crippen LogP contribution in [-0.4, -0.2) is 45.9 Å². The SMILES string of the molecule is CCCO[C@@H]1CC[C@H](C(=O)NCc2cc(C)on2)C[C@H]1NC(=O)c1ccn[nH]1. The van der Waals surface area contributed by atoms with Crippen molar-refractivity contribution >= 4 is 11.8 Å². The highest BCUT2D eigenvalue weighted by Gasteiger charge is 2.35. The Morgan fingerprint density at radius 2 is 2.25 bits per heavy atom. The first kappa shape index (κ1) is 20.1. The molecule has 0 unspecified atom stereocenters. The molecule has 0 bridgehead atoms. The van der Waals surface area contributed by atoms with Gasteiger partial charge in [0.1, 0.15) is 17.1 Å². The summed E-state index contributed by atoms with van der Waals surface area (Å²) in [5.74, 6) is 0.225. The van der Waals surface area contributed by atoms with Gasteiger partial charge < -0.3 is 19.9 Å². The molecule has 3 rings (SSSR count). The molecule has 0 aliphatic heterocycles. The Kier molecular flexibility index (Phi) is 6.80. The van der Waals surface area contributed by atoms with Crippen LogP contribution in [0.3, 0.4) is 0 Å². The topological polar surface area (TPSA) is 122 Å². The van der Waals surface area contributed by atoms with Crippen LogP contribution in [0.5, 0.6) is 0 Å². The van der Waals surface area contributed by atoms with E-state index in [0.717, 1.165) is 12.8 Å². The molecule has 1 aliphatic rings. The summed E-state index contributed by atoms with van der Waals surface area (Å²) >= 11 is 0. The van der Waals surface area contributed by atoms with Gasteiger partial charge in [-0.1, -0.05) is 12.1 Å². The number of rotatable bonds is 8. The molecular weight excluding hydrogens is 362 g/mol. The highest BCUT2D eigenvalue weighted by atomic mass is 16.5. The van der Waals surface area contributed by atoms with Crippen LogP contribution >= 0.6 is 0 Å². The highest BCUT2D eigenvalue weighted by molar-refractivity contribution is 5.92. The fourth-order valence-electron chi connectivity index (χ4n) is 3.45. The van der Waals surface area contributed by atoms with Crippen molar-refractivity contribution in [1.82, 2.24) is 26.0 Å². The number of carbonyl (C=O) groups excluding carboxylic acids is 2. The zero-order chi connectivity index (χ0) is 19.9. The Bertz CT molecular complexity index is 773. The lowest BCUT2D eigenvalue weighted by Crippen LogP contribution is -2.50. The monoisotopic (exact) mass is 389 g/mol. The summed E-state index contributed by atoms with van der Waals surface area (Å²) < 4.78 is 10.9. The van der Waals surface area contributed by atoms with E-state index in [2.05, 4.69) is 26.0 Å². The molecular formula is C19H27N5O4. The maximum absolute atomic E-state index is 12.6. The van der Waals surface area contributed by atoms with Gasteiger partial charge in [-0.3, -0.25) is 14.7 Å². The number of hydrogen-bond acceptors (Lipinski definition) is 6. The van der Waals surface area contributed by atoms with Gasteiger partial charge in [0, 0.05) is 24.8 Å². The van der Waals surface area contributed by atoms with E-state index in [-0.39, 0.29) is 29.9 Å². The number of carbonyl (C=O) groups is 2. The smallest absolute Gasteiger partial charge is 0.269 e. The Morgan fingerprint density at radius 3 is 2.93 bits per heavy atom. The van der Waals surface area contributed by atoms with Crippen LogP contribution in [0.2, 0.25) is 0 Å². The molecule has 9 nitrogen and oxygen atoms in total. The predicted octanol–water partition coefficient (Wildman–Crippen LogP) is 1.72. The average Bonchev–Trinajstić information content (AvgIpc) is 3.37. The zero-order valence-electron chi connectivity index (χ0n) is 16.2. The number of H-pyrrole nitrogens is 1. The molecule has 2 heterocycles.